The molecule has 0 bridgehead atoms. The van der Waals surface area contributed by atoms with Crippen LogP contribution in [0.5, 0.6) is 5.75 Å². The van der Waals surface area contributed by atoms with Crippen LogP contribution in [-0.2, 0) is 9.53 Å². The molecule has 1 saturated carbocycles. The first-order valence-corrected chi connectivity index (χ1v) is 8.69. The molecular formula is C15H18Cl2O3S. The first-order chi connectivity index (χ1) is 10.1. The third-order valence-corrected chi connectivity index (χ3v) is 5.37. The van der Waals surface area contributed by atoms with Gasteiger partial charge in [0.2, 0.25) is 0 Å². The highest BCUT2D eigenvalue weighted by Crippen LogP contribution is 2.51. The van der Waals surface area contributed by atoms with Crippen LogP contribution < -0.4 is 4.74 Å². The highest BCUT2D eigenvalue weighted by Gasteiger charge is 2.44. The number of para-hydroxylation sites is 1. The van der Waals surface area contributed by atoms with Crippen molar-refractivity contribution < 1.29 is 14.3 Å². The molecule has 2 rings (SSSR count). The quantitative estimate of drug-likeness (QED) is 0.513. The van der Waals surface area contributed by atoms with Crippen LogP contribution in [0.15, 0.2) is 18.2 Å². The van der Waals surface area contributed by atoms with Crippen molar-refractivity contribution in [1.82, 2.24) is 0 Å². The number of ether oxygens (including phenoxy) is 2. The lowest BCUT2D eigenvalue weighted by atomic mass is 10.1. The second-order valence-corrected chi connectivity index (χ2v) is 7.12. The molecule has 116 valence electrons. The van der Waals surface area contributed by atoms with Crippen LogP contribution in [0.4, 0.5) is 0 Å². The van der Waals surface area contributed by atoms with E-state index < -0.39 is 0 Å². The average Bonchev–Trinajstić information content (AvgIpc) is 3.21. The van der Waals surface area contributed by atoms with E-state index in [4.69, 9.17) is 32.7 Å². The number of rotatable bonds is 8. The van der Waals surface area contributed by atoms with Gasteiger partial charge in [-0.3, -0.25) is 4.79 Å². The molecule has 0 saturated heterocycles. The van der Waals surface area contributed by atoms with E-state index >= 15 is 0 Å². The van der Waals surface area contributed by atoms with Gasteiger partial charge in [0.25, 0.3) is 0 Å². The Morgan fingerprint density at radius 3 is 2.57 bits per heavy atom. The molecule has 6 heteroatoms. The normalized spacial score (nSPS) is 15.6. The van der Waals surface area contributed by atoms with Crippen LogP contribution >= 0.6 is 35.0 Å². The fourth-order valence-corrected chi connectivity index (χ4v) is 3.71. The number of halogens is 2. The zero-order valence-corrected chi connectivity index (χ0v) is 14.2. The molecule has 0 heterocycles. The number of benzene rings is 1. The predicted octanol–water partition coefficient (Wildman–Crippen LogP) is 4.45. The summed E-state index contributed by atoms with van der Waals surface area (Å²) in [5.41, 5.74) is 0.153. The zero-order chi connectivity index (χ0) is 15.3. The topological polar surface area (TPSA) is 35.5 Å². The number of esters is 1. The molecule has 0 aliphatic heterocycles. The number of thioether (sulfide) groups is 1. The highest BCUT2D eigenvalue weighted by molar-refractivity contribution is 7.99. The maximum Gasteiger partial charge on any atom is 0.306 e. The van der Waals surface area contributed by atoms with E-state index in [2.05, 4.69) is 0 Å². The maximum absolute atomic E-state index is 11.3. The molecule has 21 heavy (non-hydrogen) atoms. The first-order valence-electron chi connectivity index (χ1n) is 6.78. The van der Waals surface area contributed by atoms with Crippen LogP contribution in [0.1, 0.15) is 19.3 Å². The Morgan fingerprint density at radius 2 is 2.00 bits per heavy atom. The zero-order valence-electron chi connectivity index (χ0n) is 11.9. The monoisotopic (exact) mass is 348 g/mol. The fourth-order valence-electron chi connectivity index (χ4n) is 2.04. The summed E-state index contributed by atoms with van der Waals surface area (Å²) in [6, 6.07) is 5.30. The Kier molecular flexibility index (Phi) is 6.08. The van der Waals surface area contributed by atoms with Gasteiger partial charge < -0.3 is 9.47 Å². The lowest BCUT2D eigenvalue weighted by Gasteiger charge is -2.13. The minimum absolute atomic E-state index is 0.118. The minimum Gasteiger partial charge on any atom is -0.490 e. The van der Waals surface area contributed by atoms with Gasteiger partial charge in [0.05, 0.1) is 30.2 Å². The van der Waals surface area contributed by atoms with E-state index in [-0.39, 0.29) is 11.4 Å². The number of methoxy groups -OCH3 is 1. The molecule has 0 unspecified atom stereocenters. The number of hydrogen-bond donors (Lipinski definition) is 0. The Hall–Kier alpha value is -0.580. The Balaban J connectivity index is 1.68. The van der Waals surface area contributed by atoms with Crippen molar-refractivity contribution in [3.63, 3.8) is 0 Å². The molecule has 0 spiro atoms. The van der Waals surface area contributed by atoms with E-state index in [1.165, 1.54) is 7.11 Å². The van der Waals surface area contributed by atoms with E-state index in [9.17, 15) is 4.79 Å². The smallest absolute Gasteiger partial charge is 0.306 e. The van der Waals surface area contributed by atoms with Gasteiger partial charge in [-0.05, 0) is 36.1 Å². The standard InChI is InChI=1S/C15H18Cl2O3S/c1-19-13(18)9-15(5-6-15)10-21-8-7-20-14-11(16)3-2-4-12(14)17/h2-4H,5-10H2,1H3. The van der Waals surface area contributed by atoms with Crippen molar-refractivity contribution in [3.8, 4) is 5.75 Å². The van der Waals surface area contributed by atoms with Crippen molar-refractivity contribution in [2.75, 3.05) is 25.2 Å². The fraction of sp³-hybridized carbons (Fsp3) is 0.533. The van der Waals surface area contributed by atoms with Crippen molar-refractivity contribution >= 4 is 40.9 Å². The van der Waals surface area contributed by atoms with Crippen LogP contribution in [0.3, 0.4) is 0 Å². The summed E-state index contributed by atoms with van der Waals surface area (Å²) in [5, 5.41) is 1.05. The first kappa shape index (κ1) is 16.8. The van der Waals surface area contributed by atoms with E-state index in [1.807, 2.05) is 0 Å². The van der Waals surface area contributed by atoms with E-state index in [1.54, 1.807) is 30.0 Å². The molecule has 1 aromatic carbocycles. The molecule has 1 aromatic rings. The largest absolute Gasteiger partial charge is 0.490 e. The predicted molar refractivity (Wildman–Crippen MR) is 87.6 cm³/mol. The molecular weight excluding hydrogens is 331 g/mol. The van der Waals surface area contributed by atoms with Gasteiger partial charge in [0, 0.05) is 5.75 Å². The van der Waals surface area contributed by atoms with Gasteiger partial charge >= 0.3 is 5.97 Å². The summed E-state index contributed by atoms with van der Waals surface area (Å²) in [6.45, 7) is 0.544. The minimum atomic E-state index is -0.118. The lowest BCUT2D eigenvalue weighted by Crippen LogP contribution is -2.14. The van der Waals surface area contributed by atoms with Gasteiger partial charge in [0.15, 0.2) is 5.75 Å². The highest BCUT2D eigenvalue weighted by atomic mass is 35.5. The van der Waals surface area contributed by atoms with Crippen LogP contribution in [-0.4, -0.2) is 31.2 Å². The molecule has 1 aliphatic rings. The Morgan fingerprint density at radius 1 is 1.33 bits per heavy atom. The van der Waals surface area contributed by atoms with Crippen LogP contribution in [0, 0.1) is 5.41 Å². The molecule has 0 radical (unpaired) electrons. The molecule has 0 N–H and O–H groups in total. The van der Waals surface area contributed by atoms with Gasteiger partial charge in [-0.15, -0.1) is 0 Å². The number of carbonyl (C=O) groups is 1. The average molecular weight is 349 g/mol. The van der Waals surface area contributed by atoms with Gasteiger partial charge in [-0.25, -0.2) is 0 Å². The summed E-state index contributed by atoms with van der Waals surface area (Å²) < 4.78 is 10.4. The molecule has 0 amide bonds. The molecule has 1 fully saturated rings. The van der Waals surface area contributed by atoms with E-state index in [0.717, 1.165) is 24.3 Å². The third kappa shape index (κ3) is 4.97. The van der Waals surface area contributed by atoms with Crippen molar-refractivity contribution in [1.29, 1.82) is 0 Å². The van der Waals surface area contributed by atoms with Crippen molar-refractivity contribution in [3.05, 3.63) is 28.2 Å². The summed E-state index contributed by atoms with van der Waals surface area (Å²) in [7, 11) is 1.44. The molecule has 1 aliphatic carbocycles. The Labute approximate surface area is 139 Å². The second-order valence-electron chi connectivity index (χ2n) is 5.20. The number of hydrogen-bond acceptors (Lipinski definition) is 4. The SMILES string of the molecule is COC(=O)CC1(CSCCOc2c(Cl)cccc2Cl)CC1. The summed E-state index contributed by atoms with van der Waals surface area (Å²) >= 11 is 13.8. The van der Waals surface area contributed by atoms with Crippen molar-refractivity contribution in [2.24, 2.45) is 5.41 Å². The van der Waals surface area contributed by atoms with Gasteiger partial charge in [-0.2, -0.15) is 11.8 Å². The van der Waals surface area contributed by atoms with E-state index in [0.29, 0.717) is 28.8 Å². The Bertz CT molecular complexity index is 483. The van der Waals surface area contributed by atoms with Gasteiger partial charge in [0.1, 0.15) is 0 Å². The molecule has 3 nitrogen and oxygen atoms in total. The summed E-state index contributed by atoms with van der Waals surface area (Å²) in [6.07, 6.45) is 2.73. The second kappa shape index (κ2) is 7.61. The number of carbonyl (C=O) groups excluding carboxylic acids is 1. The maximum atomic E-state index is 11.3. The summed E-state index contributed by atoms with van der Waals surface area (Å²) in [4.78, 5) is 11.3. The molecule has 0 atom stereocenters. The van der Waals surface area contributed by atoms with Gasteiger partial charge in [-0.1, -0.05) is 29.3 Å². The third-order valence-electron chi connectivity index (χ3n) is 3.51. The van der Waals surface area contributed by atoms with Crippen LogP contribution in [0.2, 0.25) is 10.0 Å². The lowest BCUT2D eigenvalue weighted by molar-refractivity contribution is -0.141. The van der Waals surface area contributed by atoms with Crippen molar-refractivity contribution in [2.45, 2.75) is 19.3 Å². The van der Waals surface area contributed by atoms with Crippen LogP contribution in [0.25, 0.3) is 0 Å². The molecule has 0 aromatic heterocycles. The summed E-state index contributed by atoms with van der Waals surface area (Å²) in [5.74, 6) is 2.22.